The second kappa shape index (κ2) is 8.14. The predicted molar refractivity (Wildman–Crippen MR) is 128 cm³/mol. The van der Waals surface area contributed by atoms with Gasteiger partial charge in [0.05, 0.1) is 5.69 Å². The molecule has 2 aromatic carbocycles. The summed E-state index contributed by atoms with van der Waals surface area (Å²) in [5.74, 6) is -1.34. The third kappa shape index (κ3) is 3.81. The minimum atomic E-state index is -0.752. The van der Waals surface area contributed by atoms with Crippen molar-refractivity contribution in [3.63, 3.8) is 0 Å². The molecule has 1 aromatic heterocycles. The number of aromatic nitrogens is 1. The Hall–Kier alpha value is -3.20. The van der Waals surface area contributed by atoms with Gasteiger partial charge < -0.3 is 4.57 Å². The predicted octanol–water partition coefficient (Wildman–Crippen LogP) is 4.67. The molecule has 4 amide bonds. The molecule has 0 saturated carbocycles. The second-order valence-corrected chi connectivity index (χ2v) is 8.55. The molecule has 0 spiro atoms. The molecular weight excluding hydrogens is 505 g/mol. The normalized spacial score (nSPS) is 15.5. The van der Waals surface area contributed by atoms with Crippen molar-refractivity contribution in [1.29, 1.82) is 0 Å². The Morgan fingerprint density at radius 2 is 1.61 bits per heavy atom. The van der Waals surface area contributed by atoms with Crippen LogP contribution in [-0.2, 0) is 9.59 Å². The number of nitrogens with zero attached hydrogens (tertiary/aromatic N) is 2. The molecule has 4 rings (SSSR count). The number of aryl methyl sites for hydroxylation is 2. The fraction of sp³-hybridized carbons (Fsp3) is 0.125. The molecule has 1 N–H and O–H groups in total. The van der Waals surface area contributed by atoms with Crippen molar-refractivity contribution in [2.24, 2.45) is 0 Å². The Morgan fingerprint density at radius 3 is 2.29 bits per heavy atom. The van der Waals surface area contributed by atoms with Crippen molar-refractivity contribution in [3.05, 3.63) is 86.3 Å². The zero-order chi connectivity index (χ0) is 22.3. The van der Waals surface area contributed by atoms with Gasteiger partial charge in [-0.25, -0.2) is 9.69 Å². The number of imide groups is 2. The highest BCUT2D eigenvalue weighted by molar-refractivity contribution is 14.1. The summed E-state index contributed by atoms with van der Waals surface area (Å²) in [5.41, 5.74) is 5.13. The van der Waals surface area contributed by atoms with Crippen LogP contribution in [0.2, 0.25) is 0 Å². The summed E-state index contributed by atoms with van der Waals surface area (Å²) in [6.07, 6.45) is 1.55. The van der Waals surface area contributed by atoms with E-state index in [1.807, 2.05) is 26.0 Å². The summed E-state index contributed by atoms with van der Waals surface area (Å²) < 4.78 is 3.27. The van der Waals surface area contributed by atoms with E-state index in [4.69, 9.17) is 0 Å². The molecule has 0 unspecified atom stereocenters. The van der Waals surface area contributed by atoms with Crippen molar-refractivity contribution in [1.82, 2.24) is 9.88 Å². The molecule has 156 valence electrons. The summed E-state index contributed by atoms with van der Waals surface area (Å²) in [5, 5.41) is 2.27. The lowest BCUT2D eigenvalue weighted by molar-refractivity contribution is -0.122. The summed E-state index contributed by atoms with van der Waals surface area (Å²) in [7, 11) is 0. The first-order chi connectivity index (χ1) is 14.8. The Labute approximate surface area is 193 Å². The van der Waals surface area contributed by atoms with Crippen LogP contribution in [0, 0.1) is 24.3 Å². The average Bonchev–Trinajstić information content (AvgIpc) is 3.01. The van der Waals surface area contributed by atoms with Crippen LogP contribution >= 0.6 is 22.6 Å². The summed E-state index contributed by atoms with van der Waals surface area (Å²) in [6, 6.07) is 15.9. The van der Waals surface area contributed by atoms with Crippen molar-refractivity contribution in [2.75, 3.05) is 4.90 Å². The number of rotatable bonds is 3. The van der Waals surface area contributed by atoms with Crippen LogP contribution in [0.5, 0.6) is 0 Å². The summed E-state index contributed by atoms with van der Waals surface area (Å²) >= 11 is 2.30. The monoisotopic (exact) mass is 525 g/mol. The maximum Gasteiger partial charge on any atom is 0.335 e. The number of anilines is 1. The molecule has 31 heavy (non-hydrogen) atoms. The van der Waals surface area contributed by atoms with E-state index in [-0.39, 0.29) is 5.57 Å². The maximum absolute atomic E-state index is 13.1. The van der Waals surface area contributed by atoms with Gasteiger partial charge in [-0.05, 0) is 97.0 Å². The lowest BCUT2D eigenvalue weighted by Gasteiger charge is -2.26. The van der Waals surface area contributed by atoms with Gasteiger partial charge in [0.25, 0.3) is 11.8 Å². The third-order valence-corrected chi connectivity index (χ3v) is 6.50. The van der Waals surface area contributed by atoms with E-state index in [2.05, 4.69) is 51.5 Å². The molecule has 3 aromatic rings. The molecule has 1 saturated heterocycles. The highest BCUT2D eigenvalue weighted by Gasteiger charge is 2.36. The summed E-state index contributed by atoms with van der Waals surface area (Å²) in [6.45, 7) is 5.98. The smallest absolute Gasteiger partial charge is 0.318 e. The molecule has 0 bridgehead atoms. The average molecular weight is 525 g/mol. The molecule has 0 aliphatic carbocycles. The van der Waals surface area contributed by atoms with Gasteiger partial charge in [-0.15, -0.1) is 0 Å². The maximum atomic E-state index is 13.1. The van der Waals surface area contributed by atoms with E-state index in [9.17, 15) is 14.4 Å². The number of hydrogen-bond donors (Lipinski definition) is 1. The number of amides is 4. The zero-order valence-electron chi connectivity index (χ0n) is 17.3. The molecule has 1 aliphatic rings. The van der Waals surface area contributed by atoms with Crippen molar-refractivity contribution >= 4 is 52.2 Å². The van der Waals surface area contributed by atoms with Gasteiger partial charge in [0.2, 0.25) is 0 Å². The van der Waals surface area contributed by atoms with Gasteiger partial charge in [-0.1, -0.05) is 18.2 Å². The fourth-order valence-corrected chi connectivity index (χ4v) is 4.06. The molecule has 0 atom stereocenters. The van der Waals surface area contributed by atoms with Crippen molar-refractivity contribution < 1.29 is 14.4 Å². The van der Waals surface area contributed by atoms with Gasteiger partial charge in [0.15, 0.2) is 0 Å². The number of para-hydroxylation sites is 1. The van der Waals surface area contributed by atoms with Gasteiger partial charge in [-0.2, -0.15) is 0 Å². The Morgan fingerprint density at radius 1 is 0.903 bits per heavy atom. The number of urea groups is 1. The quantitative estimate of drug-likeness (QED) is 0.307. The first-order valence-corrected chi connectivity index (χ1v) is 10.8. The molecule has 1 aliphatic heterocycles. The van der Waals surface area contributed by atoms with E-state index in [0.717, 1.165) is 27.5 Å². The van der Waals surface area contributed by atoms with Crippen molar-refractivity contribution in [3.8, 4) is 5.69 Å². The number of nitrogens with one attached hydrogen (secondary N) is 1. The van der Waals surface area contributed by atoms with Gasteiger partial charge >= 0.3 is 6.03 Å². The standard InChI is InChI=1S/C24H20IN3O3/c1-14-11-19(9-10-21(14)25)27-15(2)12-17(16(27)3)13-20-22(29)26-24(31)28(23(20)30)18-7-5-4-6-8-18/h4-13H,1-3H3,(H,26,29,31)/b20-13-. The Balaban J connectivity index is 1.77. The fourth-order valence-electron chi connectivity index (χ4n) is 3.72. The van der Waals surface area contributed by atoms with E-state index >= 15 is 0 Å². The van der Waals surface area contributed by atoms with Gasteiger partial charge in [0.1, 0.15) is 5.57 Å². The highest BCUT2D eigenvalue weighted by atomic mass is 127. The summed E-state index contributed by atoms with van der Waals surface area (Å²) in [4.78, 5) is 38.9. The number of benzene rings is 2. The van der Waals surface area contributed by atoms with E-state index < -0.39 is 17.8 Å². The Bertz CT molecular complexity index is 1260. The van der Waals surface area contributed by atoms with E-state index in [1.54, 1.807) is 36.4 Å². The van der Waals surface area contributed by atoms with Crippen LogP contribution in [0.3, 0.4) is 0 Å². The number of halogens is 1. The molecular formula is C24H20IN3O3. The molecule has 7 heteroatoms. The lowest BCUT2D eigenvalue weighted by atomic mass is 10.1. The zero-order valence-corrected chi connectivity index (χ0v) is 19.4. The first kappa shape index (κ1) is 21.0. The van der Waals surface area contributed by atoms with Crippen molar-refractivity contribution in [2.45, 2.75) is 20.8 Å². The lowest BCUT2D eigenvalue weighted by Crippen LogP contribution is -2.54. The minimum Gasteiger partial charge on any atom is -0.318 e. The van der Waals surface area contributed by atoms with Crippen LogP contribution in [-0.4, -0.2) is 22.4 Å². The first-order valence-electron chi connectivity index (χ1n) is 9.70. The molecule has 1 fully saturated rings. The van der Waals surface area contributed by atoms with E-state index in [1.165, 1.54) is 9.13 Å². The minimum absolute atomic E-state index is 0.0810. The van der Waals surface area contributed by atoms with Crippen LogP contribution in [0.1, 0.15) is 22.5 Å². The van der Waals surface area contributed by atoms with Crippen LogP contribution in [0.4, 0.5) is 10.5 Å². The number of barbiturate groups is 1. The number of carbonyl (C=O) groups is 3. The van der Waals surface area contributed by atoms with Crippen LogP contribution in [0.15, 0.2) is 60.2 Å². The largest absolute Gasteiger partial charge is 0.335 e. The van der Waals surface area contributed by atoms with E-state index in [0.29, 0.717) is 5.69 Å². The third-order valence-electron chi connectivity index (χ3n) is 5.29. The van der Waals surface area contributed by atoms with Crippen LogP contribution in [0.25, 0.3) is 11.8 Å². The van der Waals surface area contributed by atoms with Crippen LogP contribution < -0.4 is 10.2 Å². The van der Waals surface area contributed by atoms with Gasteiger partial charge in [-0.3, -0.25) is 14.9 Å². The number of hydrogen-bond acceptors (Lipinski definition) is 3. The topological polar surface area (TPSA) is 71.4 Å². The molecule has 6 nitrogen and oxygen atoms in total. The highest BCUT2D eigenvalue weighted by Crippen LogP contribution is 2.27. The number of carbonyl (C=O) groups excluding carboxylic acids is 3. The second-order valence-electron chi connectivity index (χ2n) is 7.39. The molecule has 0 radical (unpaired) electrons. The SMILES string of the molecule is Cc1cc(-n2c(C)cc(/C=C3/C(=O)NC(=O)N(c4ccccc4)C3=O)c2C)ccc1I. The van der Waals surface area contributed by atoms with Gasteiger partial charge in [0, 0.05) is 20.6 Å². The molecule has 2 heterocycles. The Kier molecular flexibility index (Phi) is 5.53.